The Balaban J connectivity index is 0.000000236. The van der Waals surface area contributed by atoms with Crippen molar-refractivity contribution in [2.45, 2.75) is 144 Å². The minimum Gasteiger partial charge on any atom is -1.00 e. The van der Waals surface area contributed by atoms with Gasteiger partial charge in [0.15, 0.2) is 0 Å². The first-order valence-electron chi connectivity index (χ1n) is 28.4. The molecule has 0 unspecified atom stereocenters. The topological polar surface area (TPSA) is 0 Å². The molecule has 0 aliphatic carbocycles. The predicted octanol–water partition coefficient (Wildman–Crippen LogP) is 15.3. The van der Waals surface area contributed by atoms with E-state index in [1.807, 2.05) is 0 Å². The third kappa shape index (κ3) is 16.4. The Morgan fingerprint density at radius 3 is 0.812 bits per heavy atom. The largest absolute Gasteiger partial charge is 1.00 e. The van der Waals surface area contributed by atoms with Crippen LogP contribution in [0.15, 0.2) is 206 Å². The van der Waals surface area contributed by atoms with E-state index in [1.54, 1.807) is 23.3 Å². The molecule has 10 aromatic rings. The Morgan fingerprint density at radius 2 is 0.562 bits per heavy atom. The zero-order valence-corrected chi connectivity index (χ0v) is 55.2. The van der Waals surface area contributed by atoms with Crippen molar-refractivity contribution < 1.29 is 48.1 Å². The molecular weight excluding hydrogens is 1100 g/mol. The van der Waals surface area contributed by atoms with Crippen molar-refractivity contribution in [3.05, 3.63) is 251 Å². The summed E-state index contributed by atoms with van der Waals surface area (Å²) >= 11 is 1.74. The molecule has 0 bridgehead atoms. The van der Waals surface area contributed by atoms with Crippen LogP contribution in [0.5, 0.6) is 0 Å². The number of rotatable bonds is 10. The fraction of sp³-hybridized carbons (Fsp3) is 0.289. The zero-order chi connectivity index (χ0) is 56.0. The van der Waals surface area contributed by atoms with E-state index >= 15 is 0 Å². The van der Waals surface area contributed by atoms with Crippen molar-refractivity contribution in [2.75, 3.05) is 0 Å². The minimum atomic E-state index is 0. The SMILES string of the molecule is CC(C)(C)c1ccc(-c2ccc(-c3ccc(C(C)(C)C)cc3)c3[cH-]c(CCc4ccccc4)cc23)cc1.CC(C)(C)c1ccc(-c2ccc(-c3ccc(C(C)(C)C)cc3)c3[cH-]c(CCc4ccccc4)cc23)cc1.C[Si](C)=[Zr+2].[Cl-].[Cl-]. The van der Waals surface area contributed by atoms with E-state index < -0.39 is 0 Å². The second-order valence-corrected chi connectivity index (χ2v) is 35.4. The third-order valence-corrected chi connectivity index (χ3v) is 15.2. The van der Waals surface area contributed by atoms with Gasteiger partial charge in [0.1, 0.15) is 0 Å². The number of hydrogen-bond donors (Lipinski definition) is 0. The second-order valence-electron chi connectivity index (χ2n) is 26.0. The average molecular weight is 1190 g/mol. The van der Waals surface area contributed by atoms with Gasteiger partial charge in [-0.3, -0.25) is 0 Å². The molecular formula is C76H84Cl2SiZr-2. The first-order valence-corrected chi connectivity index (χ1v) is 34.6. The fourth-order valence-corrected chi connectivity index (χ4v) is 10.5. The Labute approximate surface area is 509 Å². The number of halogens is 2. The molecule has 0 N–H and O–H groups in total. The van der Waals surface area contributed by atoms with Crippen LogP contribution in [0.1, 0.15) is 128 Å². The Kier molecular flexibility index (Phi) is 21.7. The van der Waals surface area contributed by atoms with Crippen LogP contribution >= 0.6 is 0 Å². The molecule has 0 fully saturated rings. The molecule has 10 aromatic carbocycles. The molecule has 4 heteroatoms. The van der Waals surface area contributed by atoms with Gasteiger partial charge in [0.05, 0.1) is 0 Å². The van der Waals surface area contributed by atoms with Gasteiger partial charge in [-0.1, -0.05) is 298 Å². The Bertz CT molecular complexity index is 3140. The van der Waals surface area contributed by atoms with Crippen LogP contribution in [0.4, 0.5) is 0 Å². The summed E-state index contributed by atoms with van der Waals surface area (Å²) in [4.78, 5) is 0. The van der Waals surface area contributed by atoms with Crippen LogP contribution in [0.25, 0.3) is 66.1 Å². The van der Waals surface area contributed by atoms with Crippen molar-refractivity contribution in [2.24, 2.45) is 0 Å². The summed E-state index contributed by atoms with van der Waals surface area (Å²) < 4.78 is 0. The van der Waals surface area contributed by atoms with Crippen molar-refractivity contribution in [1.82, 2.24) is 0 Å². The van der Waals surface area contributed by atoms with Crippen molar-refractivity contribution >= 4 is 27.0 Å². The summed E-state index contributed by atoms with van der Waals surface area (Å²) in [7, 11) is 0. The third-order valence-electron chi connectivity index (χ3n) is 15.2. The van der Waals surface area contributed by atoms with Crippen LogP contribution in [0.3, 0.4) is 0 Å². The molecule has 80 heavy (non-hydrogen) atoms. The molecule has 0 saturated carbocycles. The summed E-state index contributed by atoms with van der Waals surface area (Å²) in [6.45, 7) is 31.9. The van der Waals surface area contributed by atoms with Crippen molar-refractivity contribution in [3.8, 4) is 44.5 Å². The molecule has 0 saturated heterocycles. The fourth-order valence-electron chi connectivity index (χ4n) is 10.5. The molecule has 0 nitrogen and oxygen atoms in total. The summed E-state index contributed by atoms with van der Waals surface area (Å²) in [6.07, 6.45) is 4.21. The van der Waals surface area contributed by atoms with Crippen LogP contribution in [-0.4, -0.2) is 5.43 Å². The molecule has 0 aliphatic heterocycles. The van der Waals surface area contributed by atoms with Gasteiger partial charge in [-0.25, -0.2) is 0 Å². The summed E-state index contributed by atoms with van der Waals surface area (Å²) in [6, 6.07) is 77.3. The van der Waals surface area contributed by atoms with Crippen molar-refractivity contribution in [3.63, 3.8) is 0 Å². The molecule has 0 atom stereocenters. The molecule has 0 amide bonds. The molecule has 0 radical (unpaired) electrons. The molecule has 412 valence electrons. The smallest absolute Gasteiger partial charge is 1.00 e. The maximum atomic E-state index is 2.43. The Morgan fingerprint density at radius 1 is 0.325 bits per heavy atom. The van der Waals surface area contributed by atoms with Gasteiger partial charge in [-0.05, 0) is 91.9 Å². The van der Waals surface area contributed by atoms with E-state index in [4.69, 9.17) is 0 Å². The van der Waals surface area contributed by atoms with Crippen molar-refractivity contribution in [1.29, 1.82) is 0 Å². The number of hydrogen-bond acceptors (Lipinski definition) is 0. The normalized spacial score (nSPS) is 11.7. The second kappa shape index (κ2) is 27.2. The van der Waals surface area contributed by atoms with Gasteiger partial charge in [0.25, 0.3) is 0 Å². The maximum Gasteiger partial charge on any atom is -1.00 e. The van der Waals surface area contributed by atoms with Gasteiger partial charge in [-0.15, -0.1) is 44.8 Å². The molecule has 0 aliphatic rings. The quantitative estimate of drug-likeness (QED) is 0.0946. The summed E-state index contributed by atoms with van der Waals surface area (Å²) in [5, 5.41) is 5.40. The number of fused-ring (bicyclic) bond motifs is 2. The monoisotopic (exact) mass is 1180 g/mol. The van der Waals surface area contributed by atoms with Gasteiger partial charge in [0, 0.05) is 0 Å². The Hall–Kier alpha value is -5.34. The van der Waals surface area contributed by atoms with E-state index in [0.29, 0.717) is 0 Å². The molecule has 0 aromatic heterocycles. The van der Waals surface area contributed by atoms with Gasteiger partial charge in [-0.2, -0.15) is 12.1 Å². The van der Waals surface area contributed by atoms with Gasteiger partial charge in [0.2, 0.25) is 0 Å². The van der Waals surface area contributed by atoms with Gasteiger partial charge < -0.3 is 24.8 Å². The standard InChI is InChI=1S/2C37H39.C2H6Si.2ClH.Zr/c2*1-36(2,3)30-18-14-28(15-19-30)32-22-23-33(29-16-20-31(21-17-29)37(4,5)6)35-25-27(24-34(32)35)13-12-26-10-8-7-9-11-26;1-3-2;;;/h2*7-11,14-25H,12-13H2,1-6H3;1-2H3;2*1H;/q2*-1;;;;+2/p-2. The maximum absolute atomic E-state index is 2.43. The van der Waals surface area contributed by atoms with Gasteiger partial charge >= 0.3 is 41.9 Å². The average Bonchev–Trinajstić information content (AvgIpc) is 4.06. The number of benzene rings is 8. The van der Waals surface area contributed by atoms with E-state index in [1.165, 1.54) is 111 Å². The zero-order valence-electron chi connectivity index (χ0n) is 50.2. The van der Waals surface area contributed by atoms with Crippen LogP contribution in [0.2, 0.25) is 13.1 Å². The van der Waals surface area contributed by atoms with E-state index in [9.17, 15) is 0 Å². The van der Waals surface area contributed by atoms with E-state index in [2.05, 4.69) is 302 Å². The van der Waals surface area contributed by atoms with Crippen LogP contribution in [-0.2, 0) is 70.7 Å². The van der Waals surface area contributed by atoms with Crippen LogP contribution < -0.4 is 24.8 Å². The summed E-state index contributed by atoms with van der Waals surface area (Å²) in [5.41, 5.74) is 22.3. The first-order chi connectivity index (χ1) is 36.9. The van der Waals surface area contributed by atoms with Crippen LogP contribution in [0, 0.1) is 0 Å². The van der Waals surface area contributed by atoms with E-state index in [-0.39, 0.29) is 51.9 Å². The minimum absolute atomic E-state index is 0. The molecule has 10 rings (SSSR count). The molecule has 0 heterocycles. The summed E-state index contributed by atoms with van der Waals surface area (Å²) in [5.74, 6) is 0. The molecule has 0 spiro atoms. The first kappa shape index (κ1) is 63.8. The predicted molar refractivity (Wildman–Crippen MR) is 341 cm³/mol. The van der Waals surface area contributed by atoms with E-state index in [0.717, 1.165) is 25.7 Å². The number of aryl methyl sites for hydroxylation is 4.